The molecule has 31 heavy (non-hydrogen) atoms. The zero-order valence-electron chi connectivity index (χ0n) is 16.7. The molecule has 0 amide bonds. The Labute approximate surface area is 186 Å². The summed E-state index contributed by atoms with van der Waals surface area (Å²) in [6.07, 6.45) is 2.41. The molecule has 0 spiro atoms. The van der Waals surface area contributed by atoms with E-state index < -0.39 is 5.63 Å². The second-order valence-corrected chi connectivity index (χ2v) is 9.10. The molecule has 9 heteroatoms. The molecule has 0 aliphatic heterocycles. The lowest BCUT2D eigenvalue weighted by atomic mass is 9.99. The third kappa shape index (κ3) is 4.94. The molecule has 1 heterocycles. The van der Waals surface area contributed by atoms with Gasteiger partial charge in [-0.1, -0.05) is 12.1 Å². The van der Waals surface area contributed by atoms with Gasteiger partial charge in [-0.2, -0.15) is 0 Å². The van der Waals surface area contributed by atoms with E-state index in [9.17, 15) is 9.18 Å². The molecule has 1 aliphatic carbocycles. The first-order valence-corrected chi connectivity index (χ1v) is 11.4. The Morgan fingerprint density at radius 3 is 2.90 bits per heavy atom. The number of anilines is 1. The molecule has 3 N–H and O–H groups in total. The van der Waals surface area contributed by atoms with Gasteiger partial charge in [0.1, 0.15) is 11.3 Å². The van der Waals surface area contributed by atoms with Crippen LogP contribution in [0.4, 0.5) is 10.1 Å². The summed E-state index contributed by atoms with van der Waals surface area (Å²) in [5, 5.41) is 15.7. The van der Waals surface area contributed by atoms with Gasteiger partial charge in [0.25, 0.3) is 5.23 Å². The third-order valence-corrected chi connectivity index (χ3v) is 6.50. The Balaban J connectivity index is 1.62. The van der Waals surface area contributed by atoms with E-state index in [-0.39, 0.29) is 17.5 Å². The van der Waals surface area contributed by atoms with E-state index in [2.05, 4.69) is 4.72 Å². The van der Waals surface area contributed by atoms with Crippen LogP contribution in [-0.2, 0) is 6.42 Å². The van der Waals surface area contributed by atoms with E-state index >= 15 is 0 Å². The van der Waals surface area contributed by atoms with Crippen LogP contribution < -0.4 is 15.1 Å². The number of ether oxygens (including phenoxy) is 1. The molecule has 0 radical (unpaired) electrons. The van der Waals surface area contributed by atoms with Crippen LogP contribution in [0.2, 0.25) is 0 Å². The van der Waals surface area contributed by atoms with Gasteiger partial charge >= 0.3 is 5.63 Å². The largest absolute Gasteiger partial charge is 0.434 e. The number of aryl methyl sites for hydroxylation is 1. The normalized spacial score (nSPS) is 13.2. The van der Waals surface area contributed by atoms with Crippen molar-refractivity contribution < 1.29 is 13.5 Å². The minimum Gasteiger partial charge on any atom is -0.434 e. The van der Waals surface area contributed by atoms with Gasteiger partial charge in [0.2, 0.25) is 0 Å². The summed E-state index contributed by atoms with van der Waals surface area (Å²) in [5.74, 6) is -0.0272. The van der Waals surface area contributed by atoms with Crippen molar-refractivity contribution in [3.05, 3.63) is 69.3 Å². The van der Waals surface area contributed by atoms with Crippen molar-refractivity contribution >= 4 is 51.1 Å². The first-order valence-electron chi connectivity index (χ1n) is 9.63. The predicted octanol–water partition coefficient (Wildman–Crippen LogP) is 5.71. The van der Waals surface area contributed by atoms with Crippen LogP contribution in [-0.4, -0.2) is 16.0 Å². The quantitative estimate of drug-likeness (QED) is 0.182. The van der Waals surface area contributed by atoms with Gasteiger partial charge < -0.3 is 19.3 Å². The smallest absolute Gasteiger partial charge is 0.340 e. The Morgan fingerprint density at radius 2 is 2.16 bits per heavy atom. The van der Waals surface area contributed by atoms with Gasteiger partial charge in [0.15, 0.2) is 5.82 Å². The summed E-state index contributed by atoms with van der Waals surface area (Å²) in [6, 6.07) is 10.1. The summed E-state index contributed by atoms with van der Waals surface area (Å²) in [7, 11) is 0. The highest BCUT2D eigenvalue weighted by Crippen LogP contribution is 2.35. The van der Waals surface area contributed by atoms with E-state index in [1.807, 2.05) is 6.92 Å². The lowest BCUT2D eigenvalue weighted by Gasteiger charge is -2.12. The van der Waals surface area contributed by atoms with Crippen molar-refractivity contribution in [2.75, 3.05) is 4.72 Å². The zero-order chi connectivity index (χ0) is 22.0. The highest BCUT2D eigenvalue weighted by Gasteiger charge is 2.23. The van der Waals surface area contributed by atoms with Crippen LogP contribution in [0.15, 0.2) is 45.6 Å². The van der Waals surface area contributed by atoms with Crippen LogP contribution in [0.3, 0.4) is 0 Å². The number of benzene rings is 2. The Hall–Kier alpha value is -2.78. The molecule has 1 aromatic heterocycles. The van der Waals surface area contributed by atoms with Crippen LogP contribution in [0.25, 0.3) is 11.0 Å². The Morgan fingerprint density at radius 1 is 1.35 bits per heavy atom. The average molecular weight is 458 g/mol. The maximum absolute atomic E-state index is 15.0. The standard InChI is InChI=1S/C22H20FN3O3S2/c1-12-16-8-5-14(28-22(25)30-11-24)10-19(16)29-21(27)17(12)9-13-3-2-4-18(20(13)23)26-31-15-6-7-15/h2-5,8,10-11,15,24-26H,6-7,9H2,1H3. The van der Waals surface area contributed by atoms with E-state index in [4.69, 9.17) is 20.0 Å². The van der Waals surface area contributed by atoms with Crippen molar-refractivity contribution in [1.82, 2.24) is 0 Å². The van der Waals surface area contributed by atoms with Gasteiger partial charge in [-0.25, -0.2) is 9.18 Å². The fourth-order valence-electron chi connectivity index (χ4n) is 3.15. The molecule has 0 atom stereocenters. The second kappa shape index (κ2) is 9.15. The van der Waals surface area contributed by atoms with Crippen LogP contribution >= 0.6 is 23.7 Å². The number of fused-ring (bicyclic) bond motifs is 1. The second-order valence-electron chi connectivity index (χ2n) is 7.15. The fraction of sp³-hybridized carbons (Fsp3) is 0.227. The SMILES string of the molecule is Cc1c(Cc2cccc(NSC3CC3)c2F)c(=O)oc2cc(OC(=N)SC=N)ccc12. The topological polar surface area (TPSA) is 99.2 Å². The molecule has 4 rings (SSSR count). The third-order valence-electron chi connectivity index (χ3n) is 4.94. The molecular formula is C22H20FN3O3S2. The molecular weight excluding hydrogens is 437 g/mol. The number of thioether (sulfide) groups is 1. The van der Waals surface area contributed by atoms with Gasteiger partial charge in [-0.15, -0.1) is 0 Å². The van der Waals surface area contributed by atoms with Gasteiger partial charge in [-0.05, 0) is 72.8 Å². The van der Waals surface area contributed by atoms with Crippen molar-refractivity contribution in [2.24, 2.45) is 0 Å². The van der Waals surface area contributed by atoms with Gasteiger partial charge in [0, 0.05) is 28.7 Å². The summed E-state index contributed by atoms with van der Waals surface area (Å²) in [5.41, 5.74) is 2.75. The Kier molecular flexibility index (Phi) is 6.33. The van der Waals surface area contributed by atoms with Gasteiger partial charge in [-0.3, -0.25) is 5.41 Å². The summed E-state index contributed by atoms with van der Waals surface area (Å²) < 4.78 is 28.9. The molecule has 160 valence electrons. The van der Waals surface area contributed by atoms with E-state index in [0.717, 1.165) is 30.2 Å². The molecule has 1 saturated carbocycles. The van der Waals surface area contributed by atoms with Crippen LogP contribution in [0.5, 0.6) is 5.75 Å². The summed E-state index contributed by atoms with van der Waals surface area (Å²) in [6.45, 7) is 1.81. The summed E-state index contributed by atoms with van der Waals surface area (Å²) in [4.78, 5) is 12.7. The van der Waals surface area contributed by atoms with E-state index in [0.29, 0.717) is 44.3 Å². The number of hydrogen-bond donors (Lipinski definition) is 3. The highest BCUT2D eigenvalue weighted by molar-refractivity contribution is 8.24. The molecule has 2 aromatic carbocycles. The van der Waals surface area contributed by atoms with E-state index in [1.54, 1.807) is 30.3 Å². The fourth-order valence-corrected chi connectivity index (χ4v) is 4.22. The first-order chi connectivity index (χ1) is 15.0. The number of rotatable bonds is 7. The molecule has 1 fully saturated rings. The first kappa shape index (κ1) is 21.5. The molecule has 0 bridgehead atoms. The Bertz CT molecular complexity index is 1220. The molecule has 0 saturated heterocycles. The van der Waals surface area contributed by atoms with Crippen molar-refractivity contribution in [2.45, 2.75) is 31.4 Å². The maximum Gasteiger partial charge on any atom is 0.340 e. The van der Waals surface area contributed by atoms with Crippen molar-refractivity contribution in [3.8, 4) is 5.75 Å². The highest BCUT2D eigenvalue weighted by atomic mass is 32.2. The van der Waals surface area contributed by atoms with Crippen molar-refractivity contribution in [3.63, 3.8) is 0 Å². The number of halogens is 1. The molecule has 1 aliphatic rings. The maximum atomic E-state index is 15.0. The number of hydrogen-bond acceptors (Lipinski definition) is 8. The monoisotopic (exact) mass is 457 g/mol. The zero-order valence-corrected chi connectivity index (χ0v) is 18.3. The number of nitrogens with one attached hydrogen (secondary N) is 3. The summed E-state index contributed by atoms with van der Waals surface area (Å²) >= 11 is 2.35. The predicted molar refractivity (Wildman–Crippen MR) is 125 cm³/mol. The molecule has 0 unspecified atom stereocenters. The van der Waals surface area contributed by atoms with Gasteiger partial charge in [0.05, 0.1) is 11.2 Å². The lowest BCUT2D eigenvalue weighted by Crippen LogP contribution is -2.12. The van der Waals surface area contributed by atoms with Crippen LogP contribution in [0.1, 0.15) is 29.5 Å². The minimum atomic E-state index is -0.531. The molecule has 3 aromatic rings. The van der Waals surface area contributed by atoms with E-state index in [1.165, 1.54) is 18.0 Å². The van der Waals surface area contributed by atoms with Crippen LogP contribution in [0, 0.1) is 23.6 Å². The lowest BCUT2D eigenvalue weighted by molar-refractivity contribution is 0.538. The van der Waals surface area contributed by atoms with Crippen molar-refractivity contribution in [1.29, 1.82) is 10.8 Å². The molecule has 6 nitrogen and oxygen atoms in total. The minimum absolute atomic E-state index is 0.123. The average Bonchev–Trinajstić information content (AvgIpc) is 3.56.